The Morgan fingerprint density at radius 3 is 2.72 bits per heavy atom. The topological polar surface area (TPSA) is 77.2 Å². The molecule has 0 radical (unpaired) electrons. The number of benzene rings is 1. The fourth-order valence-electron chi connectivity index (χ4n) is 2.36. The van der Waals surface area contributed by atoms with Gasteiger partial charge in [-0.3, -0.25) is 9.78 Å². The summed E-state index contributed by atoms with van der Waals surface area (Å²) in [5, 5.41) is 2.85. The number of nitrogens with one attached hydrogen (secondary N) is 1. The molecule has 0 atom stereocenters. The second kappa shape index (κ2) is 7.61. The van der Waals surface area contributed by atoms with Gasteiger partial charge in [-0.25, -0.2) is 4.98 Å². The highest BCUT2D eigenvalue weighted by atomic mass is 16.5. The van der Waals surface area contributed by atoms with E-state index in [0.717, 1.165) is 11.3 Å². The maximum atomic E-state index is 12.3. The van der Waals surface area contributed by atoms with Crippen molar-refractivity contribution in [1.82, 2.24) is 9.97 Å². The quantitative estimate of drug-likeness (QED) is 0.743. The van der Waals surface area contributed by atoms with Crippen molar-refractivity contribution in [2.24, 2.45) is 0 Å². The lowest BCUT2D eigenvalue weighted by Crippen LogP contribution is -2.15. The molecule has 6 heteroatoms. The van der Waals surface area contributed by atoms with Crippen LogP contribution in [0.4, 0.5) is 5.69 Å². The number of aromatic nitrogens is 2. The number of rotatable bonds is 6. The summed E-state index contributed by atoms with van der Waals surface area (Å²) in [6, 6.07) is 10.9. The van der Waals surface area contributed by atoms with Gasteiger partial charge in [0.2, 0.25) is 11.8 Å². The molecule has 0 bridgehead atoms. The van der Waals surface area contributed by atoms with Crippen molar-refractivity contribution in [3.05, 3.63) is 60.2 Å². The Balaban J connectivity index is 1.66. The van der Waals surface area contributed by atoms with Gasteiger partial charge in [0.05, 0.1) is 24.3 Å². The Labute approximate surface area is 145 Å². The number of pyridine rings is 1. The van der Waals surface area contributed by atoms with Crippen LogP contribution in [0.25, 0.3) is 11.5 Å². The van der Waals surface area contributed by atoms with E-state index in [1.807, 2.05) is 31.2 Å². The predicted molar refractivity (Wildman–Crippen MR) is 94.4 cm³/mol. The fraction of sp³-hybridized carbons (Fsp3) is 0.211. The summed E-state index contributed by atoms with van der Waals surface area (Å²) in [6.45, 7) is 4.33. The Kier molecular flexibility index (Phi) is 5.09. The first-order valence-corrected chi connectivity index (χ1v) is 8.05. The van der Waals surface area contributed by atoms with E-state index in [4.69, 9.17) is 9.15 Å². The van der Waals surface area contributed by atoms with Crippen LogP contribution in [0.2, 0.25) is 0 Å². The van der Waals surface area contributed by atoms with E-state index in [0.29, 0.717) is 29.6 Å². The molecule has 6 nitrogen and oxygen atoms in total. The van der Waals surface area contributed by atoms with E-state index >= 15 is 0 Å². The van der Waals surface area contributed by atoms with Crippen LogP contribution in [0, 0.1) is 6.92 Å². The van der Waals surface area contributed by atoms with Crippen LogP contribution >= 0.6 is 0 Å². The van der Waals surface area contributed by atoms with Gasteiger partial charge in [0, 0.05) is 18.1 Å². The minimum absolute atomic E-state index is 0.142. The zero-order valence-electron chi connectivity index (χ0n) is 14.2. The first-order chi connectivity index (χ1) is 12.2. The molecule has 2 heterocycles. The number of carbonyl (C=O) groups excluding carboxylic acids is 1. The maximum Gasteiger partial charge on any atom is 0.230 e. The van der Waals surface area contributed by atoms with Gasteiger partial charge in [-0.1, -0.05) is 0 Å². The summed E-state index contributed by atoms with van der Waals surface area (Å²) in [5.74, 6) is 1.71. The Morgan fingerprint density at radius 2 is 2.04 bits per heavy atom. The van der Waals surface area contributed by atoms with Gasteiger partial charge in [-0.2, -0.15) is 0 Å². The predicted octanol–water partition coefficient (Wildman–Crippen LogP) is 3.62. The average molecular weight is 337 g/mol. The Bertz CT molecular complexity index is 842. The molecule has 0 saturated carbocycles. The second-order valence-electron chi connectivity index (χ2n) is 5.45. The van der Waals surface area contributed by atoms with Crippen molar-refractivity contribution in [3.63, 3.8) is 0 Å². The van der Waals surface area contributed by atoms with Crippen LogP contribution in [0.5, 0.6) is 5.75 Å². The van der Waals surface area contributed by atoms with Gasteiger partial charge in [-0.15, -0.1) is 0 Å². The first-order valence-electron chi connectivity index (χ1n) is 8.05. The van der Waals surface area contributed by atoms with Crippen LogP contribution in [-0.4, -0.2) is 22.5 Å². The van der Waals surface area contributed by atoms with Gasteiger partial charge in [-0.05, 0) is 50.2 Å². The summed E-state index contributed by atoms with van der Waals surface area (Å²) in [4.78, 5) is 20.7. The summed E-state index contributed by atoms with van der Waals surface area (Å²) >= 11 is 0. The highest BCUT2D eigenvalue weighted by Gasteiger charge is 2.15. The number of amides is 1. The van der Waals surface area contributed by atoms with Crippen molar-refractivity contribution in [3.8, 4) is 17.2 Å². The molecule has 0 aliphatic carbocycles. The lowest BCUT2D eigenvalue weighted by Gasteiger charge is -2.06. The van der Waals surface area contributed by atoms with Crippen molar-refractivity contribution in [2.45, 2.75) is 20.3 Å². The van der Waals surface area contributed by atoms with E-state index in [1.165, 1.54) is 0 Å². The molecule has 3 rings (SSSR count). The van der Waals surface area contributed by atoms with Gasteiger partial charge in [0.15, 0.2) is 0 Å². The third-order valence-corrected chi connectivity index (χ3v) is 3.58. The van der Waals surface area contributed by atoms with Crippen LogP contribution in [0.3, 0.4) is 0 Å². The van der Waals surface area contributed by atoms with E-state index in [2.05, 4.69) is 15.3 Å². The van der Waals surface area contributed by atoms with Gasteiger partial charge in [0.25, 0.3) is 0 Å². The third kappa shape index (κ3) is 4.23. The van der Waals surface area contributed by atoms with Crippen LogP contribution < -0.4 is 10.1 Å². The standard InChI is InChI=1S/C19H19N3O3/c1-3-24-16-8-6-15(7-9-16)21-18(23)11-17-13(2)25-19(22-17)14-5-4-10-20-12-14/h4-10,12H,3,11H2,1-2H3,(H,21,23). The zero-order chi connectivity index (χ0) is 17.6. The average Bonchev–Trinajstić information content (AvgIpc) is 2.98. The molecule has 1 amide bonds. The van der Waals surface area contributed by atoms with Gasteiger partial charge < -0.3 is 14.5 Å². The van der Waals surface area contributed by atoms with E-state index in [-0.39, 0.29) is 12.3 Å². The molecule has 0 aliphatic rings. The van der Waals surface area contributed by atoms with Crippen molar-refractivity contribution in [2.75, 3.05) is 11.9 Å². The molecule has 0 unspecified atom stereocenters. The van der Waals surface area contributed by atoms with Crippen LogP contribution in [0.1, 0.15) is 18.4 Å². The summed E-state index contributed by atoms with van der Waals surface area (Å²) in [5.41, 5.74) is 2.10. The molecular formula is C19H19N3O3. The molecule has 0 aliphatic heterocycles. The molecular weight excluding hydrogens is 318 g/mol. The minimum Gasteiger partial charge on any atom is -0.494 e. The SMILES string of the molecule is CCOc1ccc(NC(=O)Cc2nc(-c3cccnc3)oc2C)cc1. The molecule has 3 aromatic rings. The summed E-state index contributed by atoms with van der Waals surface area (Å²) < 4.78 is 11.0. The molecule has 0 saturated heterocycles. The van der Waals surface area contributed by atoms with Crippen molar-refractivity contribution in [1.29, 1.82) is 0 Å². The number of aryl methyl sites for hydroxylation is 1. The molecule has 1 N–H and O–H groups in total. The first kappa shape index (κ1) is 16.7. The number of hydrogen-bond donors (Lipinski definition) is 1. The highest BCUT2D eigenvalue weighted by molar-refractivity contribution is 5.92. The van der Waals surface area contributed by atoms with Crippen molar-refractivity contribution < 1.29 is 13.9 Å². The lowest BCUT2D eigenvalue weighted by molar-refractivity contribution is -0.115. The number of hydrogen-bond acceptors (Lipinski definition) is 5. The largest absolute Gasteiger partial charge is 0.494 e. The number of nitrogens with zero attached hydrogens (tertiary/aromatic N) is 2. The minimum atomic E-state index is -0.154. The number of carbonyl (C=O) groups is 1. The number of oxazole rings is 1. The second-order valence-corrected chi connectivity index (χ2v) is 5.45. The van der Waals surface area contributed by atoms with Crippen LogP contribution in [-0.2, 0) is 11.2 Å². The summed E-state index contributed by atoms with van der Waals surface area (Å²) in [7, 11) is 0. The lowest BCUT2D eigenvalue weighted by atomic mass is 10.2. The van der Waals surface area contributed by atoms with Crippen LogP contribution in [0.15, 0.2) is 53.2 Å². The maximum absolute atomic E-state index is 12.3. The Hall–Kier alpha value is -3.15. The molecule has 128 valence electrons. The zero-order valence-corrected chi connectivity index (χ0v) is 14.2. The summed E-state index contributed by atoms with van der Waals surface area (Å²) in [6.07, 6.45) is 3.50. The normalized spacial score (nSPS) is 10.5. The number of anilines is 1. The van der Waals surface area contributed by atoms with Gasteiger partial charge >= 0.3 is 0 Å². The van der Waals surface area contributed by atoms with Crippen molar-refractivity contribution >= 4 is 11.6 Å². The fourth-order valence-corrected chi connectivity index (χ4v) is 2.36. The van der Waals surface area contributed by atoms with E-state index in [1.54, 1.807) is 31.5 Å². The monoisotopic (exact) mass is 337 g/mol. The molecule has 0 fully saturated rings. The smallest absolute Gasteiger partial charge is 0.230 e. The molecule has 1 aromatic carbocycles. The number of ether oxygens (including phenoxy) is 1. The van der Waals surface area contributed by atoms with Gasteiger partial charge in [0.1, 0.15) is 11.5 Å². The molecule has 25 heavy (non-hydrogen) atoms. The molecule has 2 aromatic heterocycles. The third-order valence-electron chi connectivity index (χ3n) is 3.58. The molecule has 0 spiro atoms. The van der Waals surface area contributed by atoms with E-state index in [9.17, 15) is 4.79 Å². The van der Waals surface area contributed by atoms with E-state index < -0.39 is 0 Å². The highest BCUT2D eigenvalue weighted by Crippen LogP contribution is 2.21. The Morgan fingerprint density at radius 1 is 1.24 bits per heavy atom.